The number of nitrogens with two attached hydrogens (primary N) is 1. The average Bonchev–Trinajstić information content (AvgIpc) is 2.07. The van der Waals surface area contributed by atoms with E-state index in [1.54, 1.807) is 0 Å². The third kappa shape index (κ3) is 1.24. The van der Waals surface area contributed by atoms with Crippen LogP contribution in [0.3, 0.4) is 0 Å². The molecule has 0 aromatic carbocycles. The van der Waals surface area contributed by atoms with Crippen molar-refractivity contribution in [1.29, 1.82) is 0 Å². The van der Waals surface area contributed by atoms with Gasteiger partial charge in [0.2, 0.25) is 5.88 Å². The molecule has 0 atom stereocenters. The maximum absolute atomic E-state index is 11.4. The molecular weight excluding hydrogens is 168 g/mol. The molecule has 68 valence electrons. The predicted molar refractivity (Wildman–Crippen MR) is 47.6 cm³/mol. The topological polar surface area (TPSA) is 76.2 Å². The van der Waals surface area contributed by atoms with E-state index < -0.39 is 0 Å². The molecule has 1 aliphatic carbocycles. The van der Waals surface area contributed by atoms with Gasteiger partial charge in [0.15, 0.2) is 5.78 Å². The standard InChI is InChI=1S/C9H10N2O2/c10-6-4-8(13)11-9-5(6)2-1-3-7(9)12/h4H,1-3H2,(H3,10,11,13). The highest BCUT2D eigenvalue weighted by Gasteiger charge is 2.21. The Kier molecular flexibility index (Phi) is 1.69. The van der Waals surface area contributed by atoms with Crippen LogP contribution in [0.1, 0.15) is 28.9 Å². The van der Waals surface area contributed by atoms with E-state index in [1.165, 1.54) is 6.07 Å². The van der Waals surface area contributed by atoms with Gasteiger partial charge in [-0.05, 0) is 12.8 Å². The van der Waals surface area contributed by atoms with E-state index in [1.807, 2.05) is 0 Å². The minimum atomic E-state index is -0.175. The van der Waals surface area contributed by atoms with Crippen molar-refractivity contribution in [2.75, 3.05) is 5.73 Å². The number of carbonyl (C=O) groups is 1. The number of rotatable bonds is 0. The van der Waals surface area contributed by atoms with Crippen LogP contribution in [0.5, 0.6) is 5.88 Å². The first-order valence-electron chi connectivity index (χ1n) is 4.20. The van der Waals surface area contributed by atoms with Crippen LogP contribution >= 0.6 is 0 Å². The second-order valence-corrected chi connectivity index (χ2v) is 3.17. The van der Waals surface area contributed by atoms with Gasteiger partial charge in [0.1, 0.15) is 5.69 Å². The smallest absolute Gasteiger partial charge is 0.213 e. The van der Waals surface area contributed by atoms with Crippen molar-refractivity contribution in [3.63, 3.8) is 0 Å². The first-order chi connectivity index (χ1) is 6.18. The fraction of sp³-hybridized carbons (Fsp3) is 0.333. The molecule has 0 aliphatic heterocycles. The Hall–Kier alpha value is -1.58. The third-order valence-corrected chi connectivity index (χ3v) is 2.24. The number of aromatic nitrogens is 1. The molecule has 0 fully saturated rings. The van der Waals surface area contributed by atoms with Crippen LogP contribution in [0.4, 0.5) is 5.69 Å². The van der Waals surface area contributed by atoms with E-state index in [4.69, 9.17) is 10.8 Å². The molecule has 0 saturated carbocycles. The van der Waals surface area contributed by atoms with Gasteiger partial charge in [0.05, 0.1) is 0 Å². The number of anilines is 1. The van der Waals surface area contributed by atoms with Crippen LogP contribution in [0.2, 0.25) is 0 Å². The van der Waals surface area contributed by atoms with Crippen LogP contribution in [0.15, 0.2) is 6.07 Å². The van der Waals surface area contributed by atoms with Crippen LogP contribution in [-0.4, -0.2) is 15.9 Å². The van der Waals surface area contributed by atoms with E-state index in [2.05, 4.69) is 4.98 Å². The minimum absolute atomic E-state index is 0.0242. The van der Waals surface area contributed by atoms with Gasteiger partial charge in [-0.2, -0.15) is 0 Å². The van der Waals surface area contributed by atoms with Gasteiger partial charge in [-0.25, -0.2) is 4.98 Å². The number of nitrogens with zero attached hydrogens (tertiary/aromatic N) is 1. The highest BCUT2D eigenvalue weighted by Crippen LogP contribution is 2.27. The summed E-state index contributed by atoms with van der Waals surface area (Å²) in [6.45, 7) is 0. The Bertz CT molecular complexity index is 374. The van der Waals surface area contributed by atoms with Crippen molar-refractivity contribution in [2.45, 2.75) is 19.3 Å². The minimum Gasteiger partial charge on any atom is -0.493 e. The Balaban J connectivity index is 2.63. The molecule has 0 saturated heterocycles. The Morgan fingerprint density at radius 3 is 3.00 bits per heavy atom. The quantitative estimate of drug-likeness (QED) is 0.618. The zero-order valence-corrected chi connectivity index (χ0v) is 7.08. The molecular formula is C9H10N2O2. The zero-order valence-electron chi connectivity index (χ0n) is 7.08. The van der Waals surface area contributed by atoms with E-state index in [0.717, 1.165) is 18.4 Å². The lowest BCUT2D eigenvalue weighted by Gasteiger charge is -2.15. The molecule has 2 rings (SSSR count). The molecule has 1 aromatic heterocycles. The number of fused-ring (bicyclic) bond motifs is 1. The molecule has 0 bridgehead atoms. The lowest BCUT2D eigenvalue weighted by atomic mass is 9.94. The van der Waals surface area contributed by atoms with Crippen molar-refractivity contribution in [3.8, 4) is 5.88 Å². The second-order valence-electron chi connectivity index (χ2n) is 3.17. The van der Waals surface area contributed by atoms with Gasteiger partial charge in [0.25, 0.3) is 0 Å². The molecule has 1 aliphatic rings. The monoisotopic (exact) mass is 178 g/mol. The van der Waals surface area contributed by atoms with E-state index in [0.29, 0.717) is 17.8 Å². The average molecular weight is 178 g/mol. The number of carbonyl (C=O) groups excluding carboxylic acids is 1. The van der Waals surface area contributed by atoms with Gasteiger partial charge in [0, 0.05) is 23.7 Å². The van der Waals surface area contributed by atoms with Crippen LogP contribution in [0.25, 0.3) is 0 Å². The summed E-state index contributed by atoms with van der Waals surface area (Å²) in [7, 11) is 0. The summed E-state index contributed by atoms with van der Waals surface area (Å²) in [6, 6.07) is 1.39. The Morgan fingerprint density at radius 2 is 2.23 bits per heavy atom. The molecule has 13 heavy (non-hydrogen) atoms. The molecule has 0 unspecified atom stereocenters. The summed E-state index contributed by atoms with van der Waals surface area (Å²) in [5, 5.41) is 9.14. The van der Waals surface area contributed by atoms with E-state index >= 15 is 0 Å². The maximum atomic E-state index is 11.4. The Morgan fingerprint density at radius 1 is 1.46 bits per heavy atom. The number of aromatic hydroxyl groups is 1. The molecule has 3 N–H and O–H groups in total. The Labute approximate surface area is 75.4 Å². The molecule has 1 heterocycles. The highest BCUT2D eigenvalue weighted by molar-refractivity contribution is 5.98. The van der Waals surface area contributed by atoms with Crippen LogP contribution in [0, 0.1) is 0 Å². The van der Waals surface area contributed by atoms with Gasteiger partial charge in [-0.1, -0.05) is 0 Å². The normalized spacial score (nSPS) is 15.5. The SMILES string of the molecule is Nc1cc(O)nc2c1CCCC2=O. The fourth-order valence-corrected chi connectivity index (χ4v) is 1.61. The van der Waals surface area contributed by atoms with Gasteiger partial charge < -0.3 is 10.8 Å². The van der Waals surface area contributed by atoms with Gasteiger partial charge >= 0.3 is 0 Å². The number of hydrogen-bond acceptors (Lipinski definition) is 4. The summed E-state index contributed by atoms with van der Waals surface area (Å²) in [5.74, 6) is -0.199. The number of Topliss-reactive ketones (excluding diaryl/α,β-unsaturated/α-hetero) is 1. The second kappa shape index (κ2) is 2.73. The summed E-state index contributed by atoms with van der Waals surface area (Å²) in [6.07, 6.45) is 2.10. The predicted octanol–water partition coefficient (Wildman–Crippen LogP) is 0.888. The van der Waals surface area contributed by atoms with Gasteiger partial charge in [-0.3, -0.25) is 4.79 Å². The van der Waals surface area contributed by atoms with Crippen molar-refractivity contribution >= 4 is 11.5 Å². The molecule has 0 radical (unpaired) electrons. The van der Waals surface area contributed by atoms with Crippen molar-refractivity contribution < 1.29 is 9.90 Å². The number of ketones is 1. The summed E-state index contributed by atoms with van der Waals surface area (Å²) < 4.78 is 0. The number of pyridine rings is 1. The van der Waals surface area contributed by atoms with Crippen molar-refractivity contribution in [2.24, 2.45) is 0 Å². The van der Waals surface area contributed by atoms with E-state index in [9.17, 15) is 4.79 Å². The third-order valence-electron chi connectivity index (χ3n) is 2.24. The van der Waals surface area contributed by atoms with Crippen molar-refractivity contribution in [1.82, 2.24) is 4.98 Å². The largest absolute Gasteiger partial charge is 0.493 e. The first-order valence-corrected chi connectivity index (χ1v) is 4.20. The summed E-state index contributed by atoms with van der Waals surface area (Å²) >= 11 is 0. The lowest BCUT2D eigenvalue weighted by Crippen LogP contribution is -2.14. The highest BCUT2D eigenvalue weighted by atomic mass is 16.3. The van der Waals surface area contributed by atoms with E-state index in [-0.39, 0.29) is 11.7 Å². The molecule has 1 aromatic rings. The molecule has 4 heteroatoms. The fourth-order valence-electron chi connectivity index (χ4n) is 1.61. The zero-order chi connectivity index (χ0) is 9.42. The van der Waals surface area contributed by atoms with Crippen LogP contribution < -0.4 is 5.73 Å². The summed E-state index contributed by atoms with van der Waals surface area (Å²) in [4.78, 5) is 15.1. The number of hydrogen-bond donors (Lipinski definition) is 2. The first kappa shape index (κ1) is 8.04. The molecule has 0 spiro atoms. The van der Waals surface area contributed by atoms with Gasteiger partial charge in [-0.15, -0.1) is 0 Å². The number of nitrogen functional groups attached to an aromatic ring is 1. The molecule has 0 amide bonds. The maximum Gasteiger partial charge on any atom is 0.213 e. The van der Waals surface area contributed by atoms with Crippen molar-refractivity contribution in [3.05, 3.63) is 17.3 Å². The summed E-state index contributed by atoms with van der Waals surface area (Å²) in [5.41, 5.74) is 7.26. The lowest BCUT2D eigenvalue weighted by molar-refractivity contribution is 0.0966. The van der Waals surface area contributed by atoms with Crippen LogP contribution in [-0.2, 0) is 6.42 Å². The molecule has 4 nitrogen and oxygen atoms in total.